The molecule has 0 bridgehead atoms. The number of nitrogens with two attached hydrogens (primary N) is 1. The molecule has 0 fully saturated rings. The second-order valence-electron chi connectivity index (χ2n) is 4.27. The highest BCUT2D eigenvalue weighted by atomic mass is 32.1. The van der Waals surface area contributed by atoms with Crippen LogP contribution in [0, 0.1) is 13.8 Å². The first-order valence-electron chi connectivity index (χ1n) is 6.03. The van der Waals surface area contributed by atoms with Crippen molar-refractivity contribution in [2.24, 2.45) is 5.84 Å². The molecule has 5 nitrogen and oxygen atoms in total. The Bertz CT molecular complexity index is 536. The number of aryl methyl sites for hydroxylation is 2. The molecule has 0 aliphatic rings. The van der Waals surface area contributed by atoms with Crippen LogP contribution in [-0.4, -0.2) is 17.1 Å². The molecular weight excluding hydrogens is 260 g/mol. The highest BCUT2D eigenvalue weighted by Gasteiger charge is 2.18. The van der Waals surface area contributed by atoms with Crippen molar-refractivity contribution in [1.82, 2.24) is 15.4 Å². The molecule has 1 unspecified atom stereocenters. The van der Waals surface area contributed by atoms with E-state index in [0.29, 0.717) is 5.88 Å². The van der Waals surface area contributed by atoms with Crippen molar-refractivity contribution in [3.63, 3.8) is 0 Å². The van der Waals surface area contributed by atoms with E-state index in [1.807, 2.05) is 19.1 Å². The number of pyridine rings is 1. The zero-order valence-corrected chi connectivity index (χ0v) is 12.1. The fraction of sp³-hybridized carbons (Fsp3) is 0.385. The van der Waals surface area contributed by atoms with Gasteiger partial charge in [0.2, 0.25) is 5.88 Å². The summed E-state index contributed by atoms with van der Waals surface area (Å²) in [7, 11) is 1.61. The Morgan fingerprint density at radius 2 is 2.26 bits per heavy atom. The van der Waals surface area contributed by atoms with Crippen LogP contribution in [0.3, 0.4) is 0 Å². The molecule has 102 valence electrons. The number of nitrogens with zero attached hydrogens (tertiary/aromatic N) is 2. The van der Waals surface area contributed by atoms with Crippen molar-refractivity contribution in [1.29, 1.82) is 0 Å². The van der Waals surface area contributed by atoms with Crippen molar-refractivity contribution in [2.45, 2.75) is 26.3 Å². The lowest BCUT2D eigenvalue weighted by Crippen LogP contribution is -2.30. The van der Waals surface area contributed by atoms with Crippen molar-refractivity contribution in [2.75, 3.05) is 7.11 Å². The second kappa shape index (κ2) is 6.10. The Balaban J connectivity index is 2.24. The number of methoxy groups -OCH3 is 1. The van der Waals surface area contributed by atoms with Crippen LogP contribution in [0.25, 0.3) is 0 Å². The highest BCUT2D eigenvalue weighted by molar-refractivity contribution is 7.11. The number of hydrazine groups is 1. The predicted molar refractivity (Wildman–Crippen MR) is 76.1 cm³/mol. The number of nitrogens with one attached hydrogen (secondary N) is 1. The van der Waals surface area contributed by atoms with Gasteiger partial charge in [-0.15, -0.1) is 11.3 Å². The van der Waals surface area contributed by atoms with E-state index >= 15 is 0 Å². The van der Waals surface area contributed by atoms with Crippen LogP contribution >= 0.6 is 11.3 Å². The van der Waals surface area contributed by atoms with Gasteiger partial charge in [-0.1, -0.05) is 6.07 Å². The summed E-state index contributed by atoms with van der Waals surface area (Å²) in [6.45, 7) is 4.09. The largest absolute Gasteiger partial charge is 0.481 e. The summed E-state index contributed by atoms with van der Waals surface area (Å²) in [6, 6.07) is 3.78. The van der Waals surface area contributed by atoms with Crippen LogP contribution in [0.15, 0.2) is 18.3 Å². The van der Waals surface area contributed by atoms with Gasteiger partial charge in [0, 0.05) is 23.1 Å². The molecule has 0 saturated carbocycles. The summed E-state index contributed by atoms with van der Waals surface area (Å²) in [5, 5.41) is 1.06. The summed E-state index contributed by atoms with van der Waals surface area (Å²) in [5.41, 5.74) is 4.84. The first kappa shape index (κ1) is 13.9. The second-order valence-corrected chi connectivity index (χ2v) is 5.56. The molecule has 19 heavy (non-hydrogen) atoms. The lowest BCUT2D eigenvalue weighted by molar-refractivity contribution is 0.382. The third kappa shape index (κ3) is 3.09. The van der Waals surface area contributed by atoms with Gasteiger partial charge in [-0.3, -0.25) is 11.3 Å². The topological polar surface area (TPSA) is 73.1 Å². The van der Waals surface area contributed by atoms with Crippen molar-refractivity contribution >= 4 is 11.3 Å². The van der Waals surface area contributed by atoms with E-state index in [-0.39, 0.29) is 6.04 Å². The maximum atomic E-state index is 5.66. The summed E-state index contributed by atoms with van der Waals surface area (Å²) < 4.78 is 5.27. The number of rotatable bonds is 5. The molecule has 2 aromatic heterocycles. The van der Waals surface area contributed by atoms with Gasteiger partial charge in [-0.2, -0.15) is 0 Å². The fourth-order valence-corrected chi connectivity index (χ4v) is 2.88. The third-order valence-corrected chi connectivity index (χ3v) is 4.12. The van der Waals surface area contributed by atoms with Crippen molar-refractivity contribution < 1.29 is 4.74 Å². The Morgan fingerprint density at radius 3 is 2.84 bits per heavy atom. The van der Waals surface area contributed by atoms with Crippen LogP contribution in [0.1, 0.15) is 27.2 Å². The lowest BCUT2D eigenvalue weighted by Gasteiger charge is -2.16. The number of hydrogen-bond acceptors (Lipinski definition) is 6. The number of thiazole rings is 1. The van der Waals surface area contributed by atoms with E-state index in [1.165, 1.54) is 4.88 Å². The quantitative estimate of drug-likeness (QED) is 0.645. The number of hydrogen-bond donors (Lipinski definition) is 2. The van der Waals surface area contributed by atoms with E-state index in [0.717, 1.165) is 22.7 Å². The van der Waals surface area contributed by atoms with Crippen LogP contribution in [0.4, 0.5) is 0 Å². The van der Waals surface area contributed by atoms with Crippen LogP contribution < -0.4 is 16.0 Å². The zero-order chi connectivity index (χ0) is 13.8. The molecule has 2 aromatic rings. The molecular formula is C13H18N4OS. The SMILES string of the molecule is COc1ncccc1C(Cc1nc(C)c(C)s1)NN. The summed E-state index contributed by atoms with van der Waals surface area (Å²) in [5.74, 6) is 6.26. The summed E-state index contributed by atoms with van der Waals surface area (Å²) in [4.78, 5) is 9.98. The molecule has 0 aliphatic carbocycles. The van der Waals surface area contributed by atoms with Gasteiger partial charge in [-0.25, -0.2) is 9.97 Å². The van der Waals surface area contributed by atoms with Gasteiger partial charge >= 0.3 is 0 Å². The molecule has 0 saturated heterocycles. The molecule has 1 atom stereocenters. The Hall–Kier alpha value is -1.50. The van der Waals surface area contributed by atoms with E-state index in [9.17, 15) is 0 Å². The Morgan fingerprint density at radius 1 is 1.47 bits per heavy atom. The van der Waals surface area contributed by atoms with Gasteiger partial charge in [0.05, 0.1) is 23.9 Å². The standard InChI is InChI=1S/C13H18N4OS/c1-8-9(2)19-12(16-8)7-11(17-14)10-5-4-6-15-13(10)18-3/h4-6,11,17H,7,14H2,1-3H3. The van der Waals surface area contributed by atoms with Crippen LogP contribution in [-0.2, 0) is 6.42 Å². The number of aromatic nitrogens is 2. The monoisotopic (exact) mass is 278 g/mol. The van der Waals surface area contributed by atoms with Crippen LogP contribution in [0.2, 0.25) is 0 Å². The molecule has 3 N–H and O–H groups in total. The van der Waals surface area contributed by atoms with E-state index in [1.54, 1.807) is 24.6 Å². The lowest BCUT2D eigenvalue weighted by atomic mass is 10.1. The van der Waals surface area contributed by atoms with Gasteiger partial charge < -0.3 is 4.74 Å². The first-order valence-corrected chi connectivity index (χ1v) is 6.85. The summed E-state index contributed by atoms with van der Waals surface area (Å²) in [6.07, 6.45) is 2.42. The van der Waals surface area contributed by atoms with E-state index in [2.05, 4.69) is 22.3 Å². The third-order valence-electron chi connectivity index (χ3n) is 3.02. The van der Waals surface area contributed by atoms with E-state index < -0.39 is 0 Å². The zero-order valence-electron chi connectivity index (χ0n) is 11.3. The molecule has 0 spiro atoms. The maximum absolute atomic E-state index is 5.66. The molecule has 6 heteroatoms. The van der Waals surface area contributed by atoms with Gasteiger partial charge in [-0.05, 0) is 19.9 Å². The van der Waals surface area contributed by atoms with E-state index in [4.69, 9.17) is 10.6 Å². The molecule has 0 amide bonds. The highest BCUT2D eigenvalue weighted by Crippen LogP contribution is 2.27. The molecule has 2 heterocycles. The minimum absolute atomic E-state index is 0.0615. The smallest absolute Gasteiger partial charge is 0.217 e. The summed E-state index contributed by atoms with van der Waals surface area (Å²) >= 11 is 1.70. The average molecular weight is 278 g/mol. The van der Waals surface area contributed by atoms with Crippen LogP contribution in [0.5, 0.6) is 5.88 Å². The number of ether oxygens (including phenoxy) is 1. The van der Waals surface area contributed by atoms with Gasteiger partial charge in [0.15, 0.2) is 0 Å². The minimum Gasteiger partial charge on any atom is -0.481 e. The average Bonchev–Trinajstić information content (AvgIpc) is 2.75. The normalized spacial score (nSPS) is 12.4. The minimum atomic E-state index is -0.0615. The molecule has 0 aliphatic heterocycles. The first-order chi connectivity index (χ1) is 9.15. The predicted octanol–water partition coefficient (Wildman–Crippen LogP) is 1.91. The van der Waals surface area contributed by atoms with Gasteiger partial charge in [0.25, 0.3) is 0 Å². The maximum Gasteiger partial charge on any atom is 0.217 e. The molecule has 0 aromatic carbocycles. The Labute approximate surface area is 116 Å². The van der Waals surface area contributed by atoms with Crippen molar-refractivity contribution in [3.8, 4) is 5.88 Å². The molecule has 2 rings (SSSR count). The Kier molecular flexibility index (Phi) is 4.47. The molecule has 0 radical (unpaired) electrons. The fourth-order valence-electron chi connectivity index (χ4n) is 1.90. The van der Waals surface area contributed by atoms with Crippen molar-refractivity contribution in [3.05, 3.63) is 39.5 Å². The van der Waals surface area contributed by atoms with Gasteiger partial charge in [0.1, 0.15) is 0 Å².